The number of rotatable bonds is 0. The van der Waals surface area contributed by atoms with E-state index in [4.69, 9.17) is 0 Å². The van der Waals surface area contributed by atoms with Crippen molar-refractivity contribution in [3.63, 3.8) is 0 Å². The van der Waals surface area contributed by atoms with Crippen LogP contribution in [0.5, 0.6) is 0 Å². The van der Waals surface area contributed by atoms with Crippen LogP contribution in [0.2, 0.25) is 0 Å². The minimum absolute atomic E-state index is 0.0893. The van der Waals surface area contributed by atoms with E-state index >= 15 is 0 Å². The lowest BCUT2D eigenvalue weighted by Crippen LogP contribution is -2.35. The van der Waals surface area contributed by atoms with Crippen LogP contribution in [-0.4, -0.2) is 9.97 Å². The van der Waals surface area contributed by atoms with Crippen LogP contribution in [0, 0.1) is 23.7 Å². The highest BCUT2D eigenvalue weighted by Crippen LogP contribution is 2.63. The molecule has 0 unspecified atom stereocenters. The average molecular weight is 278 g/mol. The highest BCUT2D eigenvalue weighted by atomic mass is 14.8. The molecule has 2 heteroatoms. The predicted octanol–water partition coefficient (Wildman–Crippen LogP) is 4.30. The van der Waals surface area contributed by atoms with Crippen molar-refractivity contribution in [2.75, 3.05) is 0 Å². The zero-order chi connectivity index (χ0) is 14.8. The smallest absolute Gasteiger partial charge is 0.0930 e. The molecule has 4 atom stereocenters. The molecule has 21 heavy (non-hydrogen) atoms. The van der Waals surface area contributed by atoms with Crippen LogP contribution in [0.15, 0.2) is 36.7 Å². The summed E-state index contributed by atoms with van der Waals surface area (Å²) in [6, 6.07) is 8.72. The highest BCUT2D eigenvalue weighted by Gasteiger charge is 2.59. The fraction of sp³-hybridized carbons (Fsp3) is 0.474. The third kappa shape index (κ3) is 1.34. The van der Waals surface area contributed by atoms with Gasteiger partial charge in [-0.1, -0.05) is 39.8 Å². The summed E-state index contributed by atoms with van der Waals surface area (Å²) in [4.78, 5) is 9.35. The molecule has 1 fully saturated rings. The highest BCUT2D eigenvalue weighted by molar-refractivity contribution is 5.76. The van der Waals surface area contributed by atoms with E-state index in [1.54, 1.807) is 0 Å². The van der Waals surface area contributed by atoms with Gasteiger partial charge in [0.15, 0.2) is 0 Å². The number of aromatic nitrogens is 2. The van der Waals surface area contributed by atoms with Gasteiger partial charge >= 0.3 is 0 Å². The van der Waals surface area contributed by atoms with Crippen LogP contribution in [0.25, 0.3) is 11.4 Å². The van der Waals surface area contributed by atoms with Gasteiger partial charge in [0.25, 0.3) is 0 Å². The van der Waals surface area contributed by atoms with Gasteiger partial charge in [-0.05, 0) is 46.9 Å². The number of hydrogen-bond donors (Lipinski definition) is 0. The van der Waals surface area contributed by atoms with E-state index < -0.39 is 0 Å². The second kappa shape index (κ2) is 4.16. The third-order valence-electron chi connectivity index (χ3n) is 6.57. The van der Waals surface area contributed by atoms with Gasteiger partial charge in [0.1, 0.15) is 0 Å². The van der Waals surface area contributed by atoms with Gasteiger partial charge in [-0.25, -0.2) is 0 Å². The molecule has 4 rings (SSSR count). The number of pyridine rings is 2. The van der Waals surface area contributed by atoms with Crippen molar-refractivity contribution in [1.29, 1.82) is 0 Å². The summed E-state index contributed by atoms with van der Waals surface area (Å²) >= 11 is 0. The first kappa shape index (κ1) is 13.0. The van der Waals surface area contributed by atoms with Gasteiger partial charge in [-0.15, -0.1) is 0 Å². The maximum absolute atomic E-state index is 4.68. The van der Waals surface area contributed by atoms with E-state index in [0.29, 0.717) is 23.7 Å². The number of nitrogens with zero attached hydrogens (tertiary/aromatic N) is 2. The molecule has 2 aromatic heterocycles. The lowest BCUT2D eigenvalue weighted by molar-refractivity contribution is 0.312. The maximum atomic E-state index is 4.68. The molecule has 2 heterocycles. The van der Waals surface area contributed by atoms with E-state index in [9.17, 15) is 0 Å². The van der Waals surface area contributed by atoms with Crippen molar-refractivity contribution in [3.05, 3.63) is 47.8 Å². The molecule has 1 spiro atoms. The number of fused-ring (bicyclic) bond motifs is 5. The Kier molecular flexibility index (Phi) is 2.57. The van der Waals surface area contributed by atoms with Crippen LogP contribution in [-0.2, 0) is 5.41 Å². The SMILES string of the molecule is C[C@@H]1[C@H](C)[C@H](C)C2(c3cccnc3-c3ncccc32)[C@@H]1C. The molecule has 0 radical (unpaired) electrons. The summed E-state index contributed by atoms with van der Waals surface area (Å²) in [6.45, 7) is 9.66. The summed E-state index contributed by atoms with van der Waals surface area (Å²) in [5.74, 6) is 2.63. The lowest BCUT2D eigenvalue weighted by Gasteiger charge is -2.37. The Hall–Kier alpha value is -1.70. The standard InChI is InChI=1S/C19H22N2/c1-11-12(2)14(4)19(13(11)3)15-7-5-9-20-17(15)18-16(19)8-6-10-21-18/h5-14H,1-4H3/t11-,12+,13-,14+. The Morgan fingerprint density at radius 1 is 0.762 bits per heavy atom. The van der Waals surface area contributed by atoms with Crippen LogP contribution >= 0.6 is 0 Å². The molecule has 2 nitrogen and oxygen atoms in total. The van der Waals surface area contributed by atoms with Crippen molar-refractivity contribution >= 4 is 0 Å². The van der Waals surface area contributed by atoms with Crippen LogP contribution in [0.4, 0.5) is 0 Å². The Labute approximate surface area is 126 Å². The van der Waals surface area contributed by atoms with Gasteiger partial charge in [-0.2, -0.15) is 0 Å². The van der Waals surface area contributed by atoms with Crippen molar-refractivity contribution in [3.8, 4) is 11.4 Å². The van der Waals surface area contributed by atoms with Crippen molar-refractivity contribution in [2.24, 2.45) is 23.7 Å². The first-order valence-corrected chi connectivity index (χ1v) is 8.01. The van der Waals surface area contributed by atoms with Crippen LogP contribution in [0.3, 0.4) is 0 Å². The first-order chi connectivity index (χ1) is 10.1. The third-order valence-corrected chi connectivity index (χ3v) is 6.57. The Morgan fingerprint density at radius 3 is 1.62 bits per heavy atom. The second-order valence-corrected chi connectivity index (χ2v) is 6.96. The molecule has 0 N–H and O–H groups in total. The van der Waals surface area contributed by atoms with Gasteiger partial charge in [0.05, 0.1) is 11.4 Å². The summed E-state index contributed by atoms with van der Waals surface area (Å²) < 4.78 is 0. The molecule has 0 bridgehead atoms. The monoisotopic (exact) mass is 278 g/mol. The number of hydrogen-bond acceptors (Lipinski definition) is 2. The molecule has 0 aliphatic heterocycles. The molecule has 0 aromatic carbocycles. The summed E-state index contributed by atoms with van der Waals surface area (Å²) in [7, 11) is 0. The first-order valence-electron chi connectivity index (χ1n) is 8.01. The molecule has 2 aliphatic rings. The summed E-state index contributed by atoms with van der Waals surface area (Å²) in [5.41, 5.74) is 5.09. The minimum atomic E-state index is 0.0893. The zero-order valence-electron chi connectivity index (χ0n) is 13.2. The lowest BCUT2D eigenvalue weighted by atomic mass is 9.66. The average Bonchev–Trinajstić information content (AvgIpc) is 2.91. The van der Waals surface area contributed by atoms with Gasteiger partial charge in [0.2, 0.25) is 0 Å². The van der Waals surface area contributed by atoms with E-state index in [1.807, 2.05) is 12.4 Å². The minimum Gasteiger partial charge on any atom is -0.254 e. The van der Waals surface area contributed by atoms with Crippen LogP contribution in [0.1, 0.15) is 38.8 Å². The van der Waals surface area contributed by atoms with E-state index in [1.165, 1.54) is 11.1 Å². The Balaban J connectivity index is 2.10. The molecule has 1 saturated carbocycles. The second-order valence-electron chi connectivity index (χ2n) is 6.96. The van der Waals surface area contributed by atoms with Crippen molar-refractivity contribution < 1.29 is 0 Å². The van der Waals surface area contributed by atoms with E-state index in [2.05, 4.69) is 61.9 Å². The zero-order valence-corrected chi connectivity index (χ0v) is 13.2. The van der Waals surface area contributed by atoms with Gasteiger partial charge in [0, 0.05) is 17.8 Å². The molecule has 0 saturated heterocycles. The predicted molar refractivity (Wildman–Crippen MR) is 84.9 cm³/mol. The quantitative estimate of drug-likeness (QED) is 0.718. The fourth-order valence-corrected chi connectivity index (χ4v) is 5.14. The molecule has 0 amide bonds. The molecule has 2 aliphatic carbocycles. The fourth-order valence-electron chi connectivity index (χ4n) is 5.14. The van der Waals surface area contributed by atoms with Gasteiger partial charge in [-0.3, -0.25) is 9.97 Å². The molecular weight excluding hydrogens is 256 g/mol. The Morgan fingerprint density at radius 2 is 1.19 bits per heavy atom. The van der Waals surface area contributed by atoms with E-state index in [-0.39, 0.29) is 5.41 Å². The van der Waals surface area contributed by atoms with Crippen LogP contribution < -0.4 is 0 Å². The van der Waals surface area contributed by atoms with E-state index in [0.717, 1.165) is 11.4 Å². The van der Waals surface area contributed by atoms with Gasteiger partial charge < -0.3 is 0 Å². The summed E-state index contributed by atoms with van der Waals surface area (Å²) in [6.07, 6.45) is 3.79. The molecular formula is C19H22N2. The maximum Gasteiger partial charge on any atom is 0.0930 e. The molecule has 2 aromatic rings. The largest absolute Gasteiger partial charge is 0.254 e. The van der Waals surface area contributed by atoms with Crippen molar-refractivity contribution in [1.82, 2.24) is 9.97 Å². The normalized spacial score (nSPS) is 32.2. The molecule has 108 valence electrons. The Bertz CT molecular complexity index is 645. The van der Waals surface area contributed by atoms with Crippen molar-refractivity contribution in [2.45, 2.75) is 33.1 Å². The summed E-state index contributed by atoms with van der Waals surface area (Å²) in [5, 5.41) is 0. The topological polar surface area (TPSA) is 25.8 Å².